The SMILES string of the molecule is CNC(=O)Cn1nc(-n2cccc2)c2c(C)cc(C)nc21. The monoisotopic (exact) mass is 283 g/mol. The first-order chi connectivity index (χ1) is 10.1. The van der Waals surface area contributed by atoms with Gasteiger partial charge in [-0.2, -0.15) is 5.10 Å². The predicted octanol–water partition coefficient (Wildman–Crippen LogP) is 1.58. The predicted molar refractivity (Wildman–Crippen MR) is 80.4 cm³/mol. The Morgan fingerprint density at radius 2 is 2.00 bits per heavy atom. The number of likely N-dealkylation sites (N-methyl/N-ethyl adjacent to an activating group) is 1. The van der Waals surface area contributed by atoms with Crippen LogP contribution in [0.25, 0.3) is 16.9 Å². The summed E-state index contributed by atoms with van der Waals surface area (Å²) in [6.07, 6.45) is 3.87. The average molecular weight is 283 g/mol. The van der Waals surface area contributed by atoms with Gasteiger partial charge >= 0.3 is 0 Å². The van der Waals surface area contributed by atoms with E-state index < -0.39 is 0 Å². The summed E-state index contributed by atoms with van der Waals surface area (Å²) in [5.74, 6) is 0.698. The van der Waals surface area contributed by atoms with E-state index in [4.69, 9.17) is 0 Å². The van der Waals surface area contributed by atoms with E-state index >= 15 is 0 Å². The van der Waals surface area contributed by atoms with Gasteiger partial charge in [0, 0.05) is 25.1 Å². The molecule has 0 radical (unpaired) electrons. The summed E-state index contributed by atoms with van der Waals surface area (Å²) in [4.78, 5) is 16.2. The molecule has 1 N–H and O–H groups in total. The number of amides is 1. The van der Waals surface area contributed by atoms with Crippen LogP contribution >= 0.6 is 0 Å². The molecule has 0 aliphatic rings. The molecule has 6 nitrogen and oxygen atoms in total. The van der Waals surface area contributed by atoms with Gasteiger partial charge < -0.3 is 9.88 Å². The lowest BCUT2D eigenvalue weighted by Crippen LogP contribution is -2.24. The number of carbonyl (C=O) groups is 1. The molecule has 6 heteroatoms. The lowest BCUT2D eigenvalue weighted by Gasteiger charge is -2.03. The number of aromatic nitrogens is 4. The standard InChI is InChI=1S/C15H17N5O/c1-10-8-11(2)17-14-13(10)15(19-6-4-5-7-19)18-20(14)9-12(21)16-3/h4-8H,9H2,1-3H3,(H,16,21). The number of carbonyl (C=O) groups excluding carboxylic acids is 1. The van der Waals surface area contributed by atoms with E-state index in [0.29, 0.717) is 0 Å². The second kappa shape index (κ2) is 5.05. The summed E-state index contributed by atoms with van der Waals surface area (Å²) in [6, 6.07) is 5.92. The zero-order chi connectivity index (χ0) is 15.0. The molecular formula is C15H17N5O. The highest BCUT2D eigenvalue weighted by atomic mass is 16.1. The van der Waals surface area contributed by atoms with Crippen LogP contribution in [0.4, 0.5) is 0 Å². The molecule has 21 heavy (non-hydrogen) atoms. The van der Waals surface area contributed by atoms with Crippen molar-refractivity contribution in [2.75, 3.05) is 7.05 Å². The van der Waals surface area contributed by atoms with E-state index in [1.807, 2.05) is 49.0 Å². The Labute approximate surface area is 122 Å². The summed E-state index contributed by atoms with van der Waals surface area (Å²) in [6.45, 7) is 4.14. The maximum absolute atomic E-state index is 11.7. The Balaban J connectivity index is 2.26. The Bertz CT molecular complexity index is 801. The van der Waals surface area contributed by atoms with E-state index in [0.717, 1.165) is 28.1 Å². The van der Waals surface area contributed by atoms with Gasteiger partial charge in [-0.1, -0.05) is 0 Å². The molecule has 0 aromatic carbocycles. The fraction of sp³-hybridized carbons (Fsp3) is 0.267. The molecule has 3 aromatic rings. The Kier molecular flexibility index (Phi) is 3.21. The van der Waals surface area contributed by atoms with Crippen molar-refractivity contribution in [2.24, 2.45) is 0 Å². The third-order valence-electron chi connectivity index (χ3n) is 3.43. The third-order valence-corrected chi connectivity index (χ3v) is 3.43. The van der Waals surface area contributed by atoms with Gasteiger partial charge in [0.1, 0.15) is 6.54 Å². The van der Waals surface area contributed by atoms with Crippen LogP contribution in [-0.2, 0) is 11.3 Å². The highest BCUT2D eigenvalue weighted by Crippen LogP contribution is 2.24. The van der Waals surface area contributed by atoms with Crippen molar-refractivity contribution >= 4 is 16.9 Å². The summed E-state index contributed by atoms with van der Waals surface area (Å²) in [7, 11) is 1.62. The maximum atomic E-state index is 11.7. The van der Waals surface area contributed by atoms with Gasteiger partial charge in [-0.3, -0.25) is 4.79 Å². The van der Waals surface area contributed by atoms with Crippen LogP contribution in [0.15, 0.2) is 30.6 Å². The van der Waals surface area contributed by atoms with Crippen molar-refractivity contribution < 1.29 is 4.79 Å². The number of hydrogen-bond acceptors (Lipinski definition) is 3. The van der Waals surface area contributed by atoms with Crippen LogP contribution in [0.2, 0.25) is 0 Å². The van der Waals surface area contributed by atoms with Gasteiger partial charge in [-0.25, -0.2) is 9.67 Å². The van der Waals surface area contributed by atoms with Crippen LogP contribution in [0.1, 0.15) is 11.3 Å². The van der Waals surface area contributed by atoms with Gasteiger partial charge in [0.25, 0.3) is 0 Å². The molecule has 0 unspecified atom stereocenters. The Morgan fingerprint density at radius 1 is 1.29 bits per heavy atom. The first-order valence-corrected chi connectivity index (χ1v) is 6.79. The van der Waals surface area contributed by atoms with Crippen LogP contribution in [-0.4, -0.2) is 32.3 Å². The molecule has 0 saturated carbocycles. The summed E-state index contributed by atoms with van der Waals surface area (Å²) in [5, 5.41) is 8.17. The topological polar surface area (TPSA) is 64.7 Å². The maximum Gasteiger partial charge on any atom is 0.241 e. The fourth-order valence-corrected chi connectivity index (χ4v) is 2.47. The van der Waals surface area contributed by atoms with Crippen molar-refractivity contribution in [2.45, 2.75) is 20.4 Å². The number of pyridine rings is 1. The highest BCUT2D eigenvalue weighted by molar-refractivity contribution is 5.88. The third kappa shape index (κ3) is 2.29. The summed E-state index contributed by atoms with van der Waals surface area (Å²) < 4.78 is 3.59. The lowest BCUT2D eigenvalue weighted by atomic mass is 10.2. The van der Waals surface area contributed by atoms with E-state index in [-0.39, 0.29) is 12.5 Å². The molecule has 3 aromatic heterocycles. The molecule has 3 heterocycles. The molecule has 0 atom stereocenters. The van der Waals surface area contributed by atoms with Gasteiger partial charge in [0.05, 0.1) is 5.39 Å². The number of hydrogen-bond donors (Lipinski definition) is 1. The van der Waals surface area contributed by atoms with Gasteiger partial charge in [-0.05, 0) is 37.6 Å². The van der Waals surface area contributed by atoms with E-state index in [1.165, 1.54) is 0 Å². The van der Waals surface area contributed by atoms with Crippen molar-refractivity contribution in [3.05, 3.63) is 41.9 Å². The highest BCUT2D eigenvalue weighted by Gasteiger charge is 2.17. The van der Waals surface area contributed by atoms with Crippen molar-refractivity contribution in [3.63, 3.8) is 0 Å². The molecule has 0 fully saturated rings. The van der Waals surface area contributed by atoms with Crippen LogP contribution in [0.3, 0.4) is 0 Å². The molecule has 3 rings (SSSR count). The lowest BCUT2D eigenvalue weighted by molar-refractivity contribution is -0.121. The molecular weight excluding hydrogens is 266 g/mol. The van der Waals surface area contributed by atoms with Crippen molar-refractivity contribution in [1.29, 1.82) is 0 Å². The molecule has 0 bridgehead atoms. The minimum absolute atomic E-state index is 0.0978. The van der Waals surface area contributed by atoms with Crippen LogP contribution in [0.5, 0.6) is 0 Å². The number of nitrogens with zero attached hydrogens (tertiary/aromatic N) is 4. The second-order valence-electron chi connectivity index (χ2n) is 5.02. The molecule has 0 aliphatic heterocycles. The number of aryl methyl sites for hydroxylation is 2. The molecule has 0 spiro atoms. The van der Waals surface area contributed by atoms with Crippen LogP contribution in [0, 0.1) is 13.8 Å². The second-order valence-corrected chi connectivity index (χ2v) is 5.02. The molecule has 0 aliphatic carbocycles. The Hall–Kier alpha value is -2.63. The Morgan fingerprint density at radius 3 is 2.67 bits per heavy atom. The van der Waals surface area contributed by atoms with E-state index in [9.17, 15) is 4.79 Å². The minimum Gasteiger partial charge on any atom is -0.358 e. The van der Waals surface area contributed by atoms with Gasteiger partial charge in [0.2, 0.25) is 5.91 Å². The zero-order valence-corrected chi connectivity index (χ0v) is 12.3. The quantitative estimate of drug-likeness (QED) is 0.794. The van der Waals surface area contributed by atoms with Crippen LogP contribution < -0.4 is 5.32 Å². The normalized spacial score (nSPS) is 11.0. The van der Waals surface area contributed by atoms with Crippen molar-refractivity contribution in [3.8, 4) is 5.82 Å². The largest absolute Gasteiger partial charge is 0.358 e. The zero-order valence-electron chi connectivity index (χ0n) is 12.3. The molecule has 108 valence electrons. The van der Waals surface area contributed by atoms with Gasteiger partial charge in [0.15, 0.2) is 11.5 Å². The number of nitrogens with one attached hydrogen (secondary N) is 1. The van der Waals surface area contributed by atoms with Crippen molar-refractivity contribution in [1.82, 2.24) is 24.6 Å². The summed E-state index contributed by atoms with van der Waals surface area (Å²) >= 11 is 0. The molecule has 1 amide bonds. The first kappa shape index (κ1) is 13.4. The summed E-state index contributed by atoms with van der Waals surface area (Å²) in [5.41, 5.74) is 2.75. The average Bonchev–Trinajstić information content (AvgIpc) is 3.06. The first-order valence-electron chi connectivity index (χ1n) is 6.79. The van der Waals surface area contributed by atoms with Gasteiger partial charge in [-0.15, -0.1) is 0 Å². The number of fused-ring (bicyclic) bond motifs is 1. The van der Waals surface area contributed by atoms with E-state index in [2.05, 4.69) is 15.4 Å². The molecule has 0 saturated heterocycles. The minimum atomic E-state index is -0.0978. The smallest absolute Gasteiger partial charge is 0.241 e. The van der Waals surface area contributed by atoms with E-state index in [1.54, 1.807) is 11.7 Å². The fourth-order valence-electron chi connectivity index (χ4n) is 2.47. The number of rotatable bonds is 3.